The third kappa shape index (κ3) is 4.36. The van der Waals surface area contributed by atoms with Crippen molar-refractivity contribution in [3.63, 3.8) is 0 Å². The first-order valence-electron chi connectivity index (χ1n) is 8.47. The van der Waals surface area contributed by atoms with E-state index in [4.69, 9.17) is 16.9 Å². The summed E-state index contributed by atoms with van der Waals surface area (Å²) in [6.07, 6.45) is 2.60. The molecule has 0 spiro atoms. The Morgan fingerprint density at radius 3 is 2.29 bits per heavy atom. The van der Waals surface area contributed by atoms with Crippen LogP contribution in [0.25, 0.3) is 11.1 Å². The molecule has 1 amide bonds. The lowest BCUT2D eigenvalue weighted by Gasteiger charge is -2.27. The molecule has 2 aromatic rings. The Bertz CT molecular complexity index is 995. The van der Waals surface area contributed by atoms with Gasteiger partial charge in [0.1, 0.15) is 0 Å². The first-order chi connectivity index (χ1) is 13.2. The van der Waals surface area contributed by atoms with E-state index in [1.165, 1.54) is 6.07 Å². The molecule has 1 aromatic carbocycles. The maximum Gasteiger partial charge on any atom is 0.354 e. The van der Waals surface area contributed by atoms with Crippen LogP contribution in [0.5, 0.6) is 0 Å². The summed E-state index contributed by atoms with van der Waals surface area (Å²) < 4.78 is 25.3. The number of amides is 1. The van der Waals surface area contributed by atoms with E-state index < -0.39 is 21.9 Å². The van der Waals surface area contributed by atoms with Crippen molar-refractivity contribution in [1.82, 2.24) is 13.7 Å². The lowest BCUT2D eigenvalue weighted by Crippen LogP contribution is -2.42. The molecule has 0 saturated carbocycles. The number of nitrogens with one attached hydrogen (secondary N) is 1. The van der Waals surface area contributed by atoms with Crippen LogP contribution < -0.4 is 10.5 Å². The smallest absolute Gasteiger partial charge is 0.354 e. The zero-order valence-corrected chi connectivity index (χ0v) is 16.3. The molecule has 0 bridgehead atoms. The minimum Gasteiger partial charge on any atom is -0.477 e. The summed E-state index contributed by atoms with van der Waals surface area (Å²) in [5, 5.41) is 17.4. The number of benzene rings is 1. The van der Waals surface area contributed by atoms with E-state index in [-0.39, 0.29) is 17.5 Å². The highest BCUT2D eigenvalue weighted by Gasteiger charge is 2.23. The molecule has 1 aliphatic rings. The summed E-state index contributed by atoms with van der Waals surface area (Å²) in [6, 6.07) is 7.63. The largest absolute Gasteiger partial charge is 0.477 e. The fourth-order valence-electron chi connectivity index (χ4n) is 3.13. The SMILES string of the molecule is NS(=O)(=O)n1ccc(-c2ccc(C(=O)NC3CCN(Cl)CC3)cc2)c1C(=O)O. The Labute approximate surface area is 167 Å². The molecule has 3 rings (SSSR count). The quantitative estimate of drug-likeness (QED) is 0.616. The van der Waals surface area contributed by atoms with Crippen molar-refractivity contribution in [1.29, 1.82) is 0 Å². The number of aromatic nitrogens is 1. The van der Waals surface area contributed by atoms with Crippen LogP contribution in [0.2, 0.25) is 0 Å². The van der Waals surface area contributed by atoms with Gasteiger partial charge in [-0.05, 0) is 48.4 Å². The predicted octanol–water partition coefficient (Wildman–Crippen LogP) is 1.25. The van der Waals surface area contributed by atoms with Gasteiger partial charge in [-0.3, -0.25) is 4.79 Å². The molecule has 1 saturated heterocycles. The Kier molecular flexibility index (Phi) is 5.75. The van der Waals surface area contributed by atoms with Gasteiger partial charge in [0.2, 0.25) is 0 Å². The normalized spacial score (nSPS) is 16.1. The van der Waals surface area contributed by atoms with Crippen LogP contribution in [0.3, 0.4) is 0 Å². The van der Waals surface area contributed by atoms with Gasteiger partial charge in [-0.1, -0.05) is 12.1 Å². The van der Waals surface area contributed by atoms with E-state index in [0.29, 0.717) is 28.2 Å². The first-order valence-corrected chi connectivity index (χ1v) is 10.3. The number of rotatable bonds is 5. The number of hydrogen-bond donors (Lipinski definition) is 3. The van der Waals surface area contributed by atoms with Crippen molar-refractivity contribution >= 4 is 33.9 Å². The lowest BCUT2D eigenvalue weighted by molar-refractivity contribution is 0.0689. The van der Waals surface area contributed by atoms with Crippen molar-refractivity contribution in [2.24, 2.45) is 5.14 Å². The van der Waals surface area contributed by atoms with E-state index in [1.807, 2.05) is 0 Å². The molecular weight excluding hydrogens is 408 g/mol. The van der Waals surface area contributed by atoms with Gasteiger partial charge in [-0.2, -0.15) is 8.42 Å². The Morgan fingerprint density at radius 1 is 1.14 bits per heavy atom. The van der Waals surface area contributed by atoms with Crippen LogP contribution in [-0.4, -0.2) is 52.9 Å². The fourth-order valence-corrected chi connectivity index (χ4v) is 3.99. The third-order valence-corrected chi connectivity index (χ3v) is 5.75. The second kappa shape index (κ2) is 7.92. The Balaban J connectivity index is 1.80. The number of halogens is 1. The molecule has 11 heteroatoms. The van der Waals surface area contributed by atoms with Crippen LogP contribution in [-0.2, 0) is 10.2 Å². The molecule has 9 nitrogen and oxygen atoms in total. The molecule has 1 aromatic heterocycles. The summed E-state index contributed by atoms with van der Waals surface area (Å²) in [4.78, 5) is 23.9. The standard InChI is InChI=1S/C17H19ClN4O5S/c18-21-8-5-13(6-9-21)20-16(23)12-3-1-11(2-4-12)14-7-10-22(28(19,26)27)15(14)17(24)25/h1-4,7,10,13H,5-6,8-9H2,(H,20,23)(H,24,25)(H2,19,26,27). The maximum absolute atomic E-state index is 12.4. The second-order valence-electron chi connectivity index (χ2n) is 6.46. The van der Waals surface area contributed by atoms with Gasteiger partial charge in [0.25, 0.3) is 5.91 Å². The molecule has 28 heavy (non-hydrogen) atoms. The summed E-state index contributed by atoms with van der Waals surface area (Å²) in [5.41, 5.74) is 0.585. The Hall–Kier alpha value is -2.40. The second-order valence-corrected chi connectivity index (χ2v) is 8.36. The van der Waals surface area contributed by atoms with Crippen LogP contribution >= 0.6 is 11.8 Å². The average Bonchev–Trinajstić information content (AvgIpc) is 3.09. The minimum atomic E-state index is -4.25. The zero-order chi connectivity index (χ0) is 20.5. The minimum absolute atomic E-state index is 0.0459. The molecule has 4 N–H and O–H groups in total. The average molecular weight is 427 g/mol. The summed E-state index contributed by atoms with van der Waals surface area (Å²) >= 11 is 5.91. The number of carbonyl (C=O) groups excluding carboxylic acids is 1. The monoisotopic (exact) mass is 426 g/mol. The predicted molar refractivity (Wildman–Crippen MR) is 103 cm³/mol. The van der Waals surface area contributed by atoms with E-state index in [1.54, 1.807) is 28.7 Å². The molecule has 0 atom stereocenters. The zero-order valence-electron chi connectivity index (χ0n) is 14.7. The molecule has 0 unspecified atom stereocenters. The maximum atomic E-state index is 12.4. The van der Waals surface area contributed by atoms with Gasteiger partial charge in [-0.25, -0.2) is 18.3 Å². The number of hydrogen-bond acceptors (Lipinski definition) is 5. The van der Waals surface area contributed by atoms with Crippen LogP contribution in [0, 0.1) is 0 Å². The van der Waals surface area contributed by atoms with Crippen LogP contribution in [0.1, 0.15) is 33.7 Å². The number of nitrogens with two attached hydrogens (primary N) is 1. The number of nitrogens with zero attached hydrogens (tertiary/aromatic N) is 2. The van der Waals surface area contributed by atoms with E-state index >= 15 is 0 Å². The van der Waals surface area contributed by atoms with Crippen molar-refractivity contribution in [3.05, 3.63) is 47.8 Å². The molecule has 1 fully saturated rings. The van der Waals surface area contributed by atoms with Gasteiger partial charge in [0, 0.05) is 36.5 Å². The highest BCUT2D eigenvalue weighted by molar-refractivity contribution is 7.87. The van der Waals surface area contributed by atoms with E-state index in [2.05, 4.69) is 5.32 Å². The van der Waals surface area contributed by atoms with Crippen molar-refractivity contribution in [3.8, 4) is 11.1 Å². The molecular formula is C17H19ClN4O5S. The number of carboxylic acids is 1. The fraction of sp³-hybridized carbons (Fsp3) is 0.294. The number of piperidine rings is 1. The number of carbonyl (C=O) groups is 2. The van der Waals surface area contributed by atoms with Gasteiger partial charge in [-0.15, -0.1) is 0 Å². The molecule has 2 heterocycles. The third-order valence-electron chi connectivity index (χ3n) is 4.56. The molecule has 0 radical (unpaired) electrons. The number of aromatic carboxylic acids is 1. The summed E-state index contributed by atoms with van der Waals surface area (Å²) in [5.74, 6) is -1.67. The number of carboxylic acid groups (broad SMARTS) is 1. The molecule has 0 aliphatic carbocycles. The summed E-state index contributed by atoms with van der Waals surface area (Å²) in [6.45, 7) is 1.40. The van der Waals surface area contributed by atoms with Crippen molar-refractivity contribution in [2.75, 3.05) is 13.1 Å². The lowest BCUT2D eigenvalue weighted by atomic mass is 10.0. The van der Waals surface area contributed by atoms with Gasteiger partial charge in [0.15, 0.2) is 5.69 Å². The molecule has 150 valence electrons. The van der Waals surface area contributed by atoms with Crippen LogP contribution in [0.4, 0.5) is 0 Å². The van der Waals surface area contributed by atoms with Gasteiger partial charge >= 0.3 is 16.2 Å². The Morgan fingerprint density at radius 2 is 1.75 bits per heavy atom. The van der Waals surface area contributed by atoms with Gasteiger partial charge in [0.05, 0.1) is 0 Å². The van der Waals surface area contributed by atoms with E-state index in [0.717, 1.165) is 19.0 Å². The van der Waals surface area contributed by atoms with E-state index in [9.17, 15) is 23.1 Å². The van der Waals surface area contributed by atoms with Crippen LogP contribution in [0.15, 0.2) is 36.5 Å². The topological polar surface area (TPSA) is 135 Å². The molecule has 1 aliphatic heterocycles. The highest BCUT2D eigenvalue weighted by atomic mass is 35.5. The highest BCUT2D eigenvalue weighted by Crippen LogP contribution is 2.26. The van der Waals surface area contributed by atoms with Crippen molar-refractivity contribution in [2.45, 2.75) is 18.9 Å². The van der Waals surface area contributed by atoms with Gasteiger partial charge < -0.3 is 10.4 Å². The summed E-state index contributed by atoms with van der Waals surface area (Å²) in [7, 11) is -4.25. The first kappa shape index (κ1) is 20.3. The van der Waals surface area contributed by atoms with Crippen molar-refractivity contribution < 1.29 is 23.1 Å².